The first-order chi connectivity index (χ1) is 13.2. The van der Waals surface area contributed by atoms with Crippen molar-refractivity contribution in [2.24, 2.45) is 0 Å². The molecule has 150 valence electrons. The average molecular weight is 405 g/mol. The number of carbonyl (C=O) groups excluding carboxylic acids is 1. The zero-order chi connectivity index (χ0) is 20.7. The van der Waals surface area contributed by atoms with Crippen LogP contribution in [-0.4, -0.2) is 32.0 Å². The summed E-state index contributed by atoms with van der Waals surface area (Å²) >= 11 is 0. The number of benzene rings is 2. The van der Waals surface area contributed by atoms with Crippen LogP contribution in [0.2, 0.25) is 0 Å². The first-order valence-electron chi connectivity index (χ1n) is 8.71. The lowest BCUT2D eigenvalue weighted by atomic mass is 10.1. The van der Waals surface area contributed by atoms with Crippen molar-refractivity contribution in [3.63, 3.8) is 0 Å². The lowest BCUT2D eigenvalue weighted by Crippen LogP contribution is -2.32. The smallest absolute Gasteiger partial charge is 0.271 e. The number of nitrogens with one attached hydrogen (secondary N) is 1. The third-order valence-corrected chi connectivity index (χ3v) is 5.26. The van der Waals surface area contributed by atoms with E-state index >= 15 is 0 Å². The number of aryl methyl sites for hydroxylation is 1. The van der Waals surface area contributed by atoms with Crippen molar-refractivity contribution in [2.75, 3.05) is 17.1 Å². The number of anilines is 1. The highest BCUT2D eigenvalue weighted by molar-refractivity contribution is 7.92. The molecule has 2 aromatic carbocycles. The Labute approximate surface area is 164 Å². The molecule has 1 amide bonds. The van der Waals surface area contributed by atoms with Crippen LogP contribution in [0.3, 0.4) is 0 Å². The Morgan fingerprint density at radius 3 is 2.54 bits per heavy atom. The summed E-state index contributed by atoms with van der Waals surface area (Å²) in [5.74, 6) is -0.186. The van der Waals surface area contributed by atoms with Gasteiger partial charge in [0.25, 0.3) is 5.69 Å². The largest absolute Gasteiger partial charge is 0.352 e. The summed E-state index contributed by atoms with van der Waals surface area (Å²) in [6.07, 6.45) is 1.46. The lowest BCUT2D eigenvalue weighted by molar-refractivity contribution is -0.384. The predicted molar refractivity (Wildman–Crippen MR) is 108 cm³/mol. The molecule has 8 nitrogen and oxygen atoms in total. The number of non-ortho nitro benzene ring substituents is 1. The molecule has 0 radical (unpaired) electrons. The summed E-state index contributed by atoms with van der Waals surface area (Å²) < 4.78 is 25.3. The Morgan fingerprint density at radius 1 is 1.18 bits per heavy atom. The number of hydrogen-bond donors (Lipinski definition) is 1. The molecule has 0 fully saturated rings. The number of nitro benzene ring substituents is 1. The standard InChI is InChI=1S/C19H23N3O5S/c1-15-6-3-7-16(12-15)14-20-19(23)10-5-11-21(28(2,26)27)17-8-4-9-18(13-17)22(24)25/h3-4,6-9,12-13H,5,10-11,14H2,1-2H3,(H,20,23). The highest BCUT2D eigenvalue weighted by Gasteiger charge is 2.19. The molecule has 28 heavy (non-hydrogen) atoms. The second kappa shape index (κ2) is 9.32. The van der Waals surface area contributed by atoms with Crippen LogP contribution >= 0.6 is 0 Å². The Bertz CT molecular complexity index is 960. The second-order valence-electron chi connectivity index (χ2n) is 6.48. The Hall–Kier alpha value is -2.94. The highest BCUT2D eigenvalue weighted by atomic mass is 32.2. The van der Waals surface area contributed by atoms with Gasteiger partial charge in [-0.1, -0.05) is 35.9 Å². The molecular weight excluding hydrogens is 382 g/mol. The van der Waals surface area contributed by atoms with Crippen LogP contribution in [0.1, 0.15) is 24.0 Å². The van der Waals surface area contributed by atoms with Gasteiger partial charge in [-0.15, -0.1) is 0 Å². The quantitative estimate of drug-likeness (QED) is 0.509. The number of amides is 1. The molecule has 0 spiro atoms. The minimum absolute atomic E-state index is 0.0534. The number of hydrogen-bond acceptors (Lipinski definition) is 5. The number of nitro groups is 1. The van der Waals surface area contributed by atoms with Gasteiger partial charge in [0.05, 0.1) is 16.9 Å². The van der Waals surface area contributed by atoms with E-state index in [0.717, 1.165) is 21.7 Å². The third-order valence-electron chi connectivity index (χ3n) is 4.07. The van der Waals surface area contributed by atoms with Crippen molar-refractivity contribution in [1.82, 2.24) is 5.32 Å². The van der Waals surface area contributed by atoms with Gasteiger partial charge in [0, 0.05) is 31.6 Å². The zero-order valence-corrected chi connectivity index (χ0v) is 16.6. The van der Waals surface area contributed by atoms with Gasteiger partial charge >= 0.3 is 0 Å². The van der Waals surface area contributed by atoms with Gasteiger partial charge in [-0.25, -0.2) is 8.42 Å². The maximum absolute atomic E-state index is 12.1. The summed E-state index contributed by atoms with van der Waals surface area (Å²) in [6.45, 7) is 2.43. The van der Waals surface area contributed by atoms with Crippen molar-refractivity contribution in [3.05, 3.63) is 69.8 Å². The molecule has 0 aliphatic heterocycles. The molecule has 0 aromatic heterocycles. The molecule has 0 unspecified atom stereocenters. The fraction of sp³-hybridized carbons (Fsp3) is 0.316. The predicted octanol–water partition coefficient (Wildman–Crippen LogP) is 2.77. The van der Waals surface area contributed by atoms with E-state index in [4.69, 9.17) is 0 Å². The summed E-state index contributed by atoms with van der Waals surface area (Å²) in [5, 5.41) is 13.7. The van der Waals surface area contributed by atoms with E-state index in [1.165, 1.54) is 24.3 Å². The molecule has 0 aliphatic rings. The van der Waals surface area contributed by atoms with E-state index < -0.39 is 14.9 Å². The minimum atomic E-state index is -3.64. The van der Waals surface area contributed by atoms with Crippen LogP contribution in [-0.2, 0) is 21.4 Å². The Kier molecular flexibility index (Phi) is 7.11. The van der Waals surface area contributed by atoms with Gasteiger partial charge < -0.3 is 5.32 Å². The molecule has 0 saturated carbocycles. The maximum Gasteiger partial charge on any atom is 0.271 e. The van der Waals surface area contributed by atoms with E-state index in [-0.39, 0.29) is 36.7 Å². The lowest BCUT2D eigenvalue weighted by Gasteiger charge is -2.22. The van der Waals surface area contributed by atoms with Crippen molar-refractivity contribution < 1.29 is 18.1 Å². The van der Waals surface area contributed by atoms with Crippen molar-refractivity contribution in [2.45, 2.75) is 26.3 Å². The number of rotatable bonds is 9. The van der Waals surface area contributed by atoms with Gasteiger partial charge in [-0.3, -0.25) is 19.2 Å². The number of sulfonamides is 1. The maximum atomic E-state index is 12.1. The van der Waals surface area contributed by atoms with Gasteiger partial charge in [0.1, 0.15) is 0 Å². The molecule has 0 atom stereocenters. The molecule has 0 aliphatic carbocycles. The normalized spacial score (nSPS) is 11.1. The zero-order valence-electron chi connectivity index (χ0n) is 15.8. The summed E-state index contributed by atoms with van der Waals surface area (Å²) in [7, 11) is -3.64. The van der Waals surface area contributed by atoms with E-state index in [2.05, 4.69) is 5.32 Å². The summed E-state index contributed by atoms with van der Waals surface area (Å²) in [4.78, 5) is 22.4. The van der Waals surface area contributed by atoms with Gasteiger partial charge in [-0.05, 0) is 25.0 Å². The van der Waals surface area contributed by atoms with Gasteiger partial charge in [0.2, 0.25) is 15.9 Å². The number of carbonyl (C=O) groups is 1. The van der Waals surface area contributed by atoms with Gasteiger partial charge in [-0.2, -0.15) is 0 Å². The minimum Gasteiger partial charge on any atom is -0.352 e. The average Bonchev–Trinajstić information content (AvgIpc) is 2.62. The molecule has 1 N–H and O–H groups in total. The molecular formula is C19H23N3O5S. The van der Waals surface area contributed by atoms with E-state index in [1.54, 1.807) is 0 Å². The SMILES string of the molecule is Cc1cccc(CNC(=O)CCCN(c2cccc([N+](=O)[O-])c2)S(C)(=O)=O)c1. The molecule has 9 heteroatoms. The van der Waals surface area contributed by atoms with Crippen LogP contribution in [0.5, 0.6) is 0 Å². The molecule has 2 aromatic rings. The van der Waals surface area contributed by atoms with Crippen molar-refractivity contribution in [1.29, 1.82) is 0 Å². The fourth-order valence-corrected chi connectivity index (χ4v) is 3.70. The van der Waals surface area contributed by atoms with Gasteiger partial charge in [0.15, 0.2) is 0 Å². The molecule has 0 heterocycles. The van der Waals surface area contributed by atoms with Crippen molar-refractivity contribution >= 4 is 27.3 Å². The first kappa shape index (κ1) is 21.4. The third kappa shape index (κ3) is 6.34. The van der Waals surface area contributed by atoms with E-state index in [9.17, 15) is 23.3 Å². The topological polar surface area (TPSA) is 110 Å². The Morgan fingerprint density at radius 2 is 1.89 bits per heavy atom. The molecule has 0 saturated heterocycles. The summed E-state index contributed by atoms with van der Waals surface area (Å²) in [5.41, 5.74) is 2.11. The van der Waals surface area contributed by atoms with Crippen molar-refractivity contribution in [3.8, 4) is 0 Å². The Balaban J connectivity index is 1.94. The fourth-order valence-electron chi connectivity index (χ4n) is 2.74. The molecule has 0 bridgehead atoms. The second-order valence-corrected chi connectivity index (χ2v) is 8.39. The van der Waals surface area contributed by atoms with E-state index in [0.29, 0.717) is 6.54 Å². The van der Waals surface area contributed by atoms with Crippen LogP contribution in [0.25, 0.3) is 0 Å². The molecule has 2 rings (SSSR count). The summed E-state index contributed by atoms with van der Waals surface area (Å²) in [6, 6.07) is 13.2. The van der Waals surface area contributed by atoms with Crippen LogP contribution in [0.15, 0.2) is 48.5 Å². The highest BCUT2D eigenvalue weighted by Crippen LogP contribution is 2.23. The monoisotopic (exact) mass is 405 g/mol. The van der Waals surface area contributed by atoms with Crippen LogP contribution in [0, 0.1) is 17.0 Å². The van der Waals surface area contributed by atoms with Crippen LogP contribution in [0.4, 0.5) is 11.4 Å². The van der Waals surface area contributed by atoms with E-state index in [1.807, 2.05) is 31.2 Å². The number of nitrogens with zero attached hydrogens (tertiary/aromatic N) is 2. The van der Waals surface area contributed by atoms with Crippen LogP contribution < -0.4 is 9.62 Å². The first-order valence-corrected chi connectivity index (χ1v) is 10.6.